The smallest absolute Gasteiger partial charge is 1.00 e. The molecule has 0 atom stereocenters. The molecular formula is H6FeKO4P. The van der Waals surface area contributed by atoms with Crippen LogP contribution in [0.5, 0.6) is 0 Å². The Balaban J connectivity index is -0.00000000750. The molecule has 44 valence electrons. The minimum atomic E-state index is -3.13. The third-order valence-corrected chi connectivity index (χ3v) is 0. The quantitative estimate of drug-likeness (QED) is 0.303. The summed E-state index contributed by atoms with van der Waals surface area (Å²) in [6, 6.07) is 0. The van der Waals surface area contributed by atoms with Gasteiger partial charge in [-0.2, -0.15) is 0 Å². The van der Waals surface area contributed by atoms with Gasteiger partial charge in [-0.15, -0.1) is 0 Å². The summed E-state index contributed by atoms with van der Waals surface area (Å²) >= 11 is 0. The molecule has 0 amide bonds. The molecule has 0 fully saturated rings. The molecule has 0 aromatic heterocycles. The molecule has 7 heteroatoms. The molecule has 0 aliphatic carbocycles. The van der Waals surface area contributed by atoms with E-state index in [9.17, 15) is 0 Å². The molecule has 0 aliphatic heterocycles. The van der Waals surface area contributed by atoms with E-state index >= 15 is 0 Å². The average Bonchev–Trinajstić information content (AvgIpc) is 0.811. The molecule has 0 saturated heterocycles. The molecule has 0 aromatic carbocycles. The Hall–Kier alpha value is 2.27. The first-order valence-corrected chi connectivity index (χ1v) is 1.95. The number of rotatable bonds is 0. The maximum Gasteiger partial charge on any atom is 1.00 e. The van der Waals surface area contributed by atoms with Crippen LogP contribution < -0.4 is 51.4 Å². The van der Waals surface area contributed by atoms with E-state index in [0.717, 1.165) is 0 Å². The van der Waals surface area contributed by atoms with Gasteiger partial charge in [-0.1, -0.05) is 0 Å². The van der Waals surface area contributed by atoms with E-state index in [1.807, 2.05) is 0 Å². The molecule has 0 heterocycles. The standard InChI is InChI=1S/Fe.K.H3O3P.H2O.H/c;;1-4(2)3;;/h;;4H,(H2,1,2,3);1H2;/q;+1;;;-1. The van der Waals surface area contributed by atoms with E-state index in [4.69, 9.17) is 14.4 Å². The second-order valence-electron chi connectivity index (χ2n) is 0.283. The molecule has 0 rings (SSSR count). The summed E-state index contributed by atoms with van der Waals surface area (Å²) in [6.07, 6.45) is 0. The second kappa shape index (κ2) is 15.7. The molecule has 0 aliphatic rings. The molecule has 0 spiro atoms. The number of hydrogen-bond donors (Lipinski definition) is 2. The average molecular weight is 196 g/mol. The molecule has 4 N–H and O–H groups in total. The Morgan fingerprint density at radius 3 is 1.43 bits per heavy atom. The zero-order chi connectivity index (χ0) is 3.58. The van der Waals surface area contributed by atoms with Gasteiger partial charge in [0, 0.05) is 17.1 Å². The van der Waals surface area contributed by atoms with Crippen molar-refractivity contribution < 1.29 is 89.7 Å². The second-order valence-corrected chi connectivity index (χ2v) is 0.848. The van der Waals surface area contributed by atoms with Gasteiger partial charge in [-0.05, 0) is 0 Å². The van der Waals surface area contributed by atoms with Crippen molar-refractivity contribution in [1.82, 2.24) is 0 Å². The van der Waals surface area contributed by atoms with Crippen molar-refractivity contribution in [2.45, 2.75) is 0 Å². The van der Waals surface area contributed by atoms with E-state index < -0.39 is 8.25 Å². The van der Waals surface area contributed by atoms with E-state index in [1.165, 1.54) is 0 Å². The van der Waals surface area contributed by atoms with Crippen LogP contribution >= 0.6 is 8.25 Å². The molecule has 0 saturated carbocycles. The van der Waals surface area contributed by atoms with E-state index in [2.05, 4.69) is 0 Å². The van der Waals surface area contributed by atoms with Crippen LogP contribution in [0.25, 0.3) is 0 Å². The Bertz CT molecular complexity index is 39.0. The van der Waals surface area contributed by atoms with Crippen LogP contribution in [-0.2, 0) is 21.6 Å². The zero-order valence-corrected chi connectivity index (χ0v) is 8.88. The largest absolute Gasteiger partial charge is 1.00 e. The van der Waals surface area contributed by atoms with Gasteiger partial charge in [0.2, 0.25) is 0 Å². The van der Waals surface area contributed by atoms with Crippen LogP contribution in [0, 0.1) is 0 Å². The molecule has 0 bridgehead atoms. The van der Waals surface area contributed by atoms with Crippen molar-refractivity contribution in [3.63, 3.8) is 0 Å². The van der Waals surface area contributed by atoms with Crippen molar-refractivity contribution in [2.24, 2.45) is 0 Å². The summed E-state index contributed by atoms with van der Waals surface area (Å²) in [5, 5.41) is 0. The van der Waals surface area contributed by atoms with E-state index in [-0.39, 0.29) is 75.4 Å². The molecule has 7 heavy (non-hydrogen) atoms. The fourth-order valence-corrected chi connectivity index (χ4v) is 0. The summed E-state index contributed by atoms with van der Waals surface area (Å²) in [7, 11) is -3.13. The van der Waals surface area contributed by atoms with Gasteiger partial charge in [0.15, 0.2) is 0 Å². The summed E-state index contributed by atoms with van der Waals surface area (Å²) in [5.74, 6) is 0. The third kappa shape index (κ3) is 63.2. The van der Waals surface area contributed by atoms with Crippen molar-refractivity contribution in [3.05, 3.63) is 0 Å². The molecule has 4 nitrogen and oxygen atoms in total. The maximum atomic E-state index is 8.74. The maximum absolute atomic E-state index is 8.74. The van der Waals surface area contributed by atoms with E-state index in [1.54, 1.807) is 0 Å². The van der Waals surface area contributed by atoms with Crippen LogP contribution in [0.15, 0.2) is 0 Å². The fourth-order valence-electron chi connectivity index (χ4n) is 0. The van der Waals surface area contributed by atoms with Gasteiger partial charge in [0.1, 0.15) is 0 Å². The summed E-state index contributed by atoms with van der Waals surface area (Å²) < 4.78 is 8.74. The SMILES string of the molecule is O.O=[PH](O)O.[Fe].[H-].[K+]. The molecular weight excluding hydrogens is 190 g/mol. The van der Waals surface area contributed by atoms with Gasteiger partial charge in [-0.25, -0.2) is 0 Å². The normalized spacial score (nSPS) is 5.00. The van der Waals surface area contributed by atoms with Crippen molar-refractivity contribution in [2.75, 3.05) is 0 Å². The van der Waals surface area contributed by atoms with Crippen molar-refractivity contribution in [1.29, 1.82) is 0 Å². The van der Waals surface area contributed by atoms with Crippen LogP contribution in [0.1, 0.15) is 1.43 Å². The molecule has 0 unspecified atom stereocenters. The van der Waals surface area contributed by atoms with Gasteiger partial charge in [-0.3, -0.25) is 4.57 Å². The molecule has 0 aromatic rings. The fraction of sp³-hybridized carbons (Fsp3) is 0. The first kappa shape index (κ1) is 22.8. The minimum absolute atomic E-state index is 0. The van der Waals surface area contributed by atoms with Crippen molar-refractivity contribution >= 4 is 8.25 Å². The predicted octanol–water partition coefficient (Wildman–Crippen LogP) is -4.35. The van der Waals surface area contributed by atoms with Crippen molar-refractivity contribution in [3.8, 4) is 0 Å². The summed E-state index contributed by atoms with van der Waals surface area (Å²) in [6.45, 7) is 0. The number of hydrogen-bond acceptors (Lipinski definition) is 1. The Morgan fingerprint density at radius 2 is 1.43 bits per heavy atom. The Labute approximate surface area is 96.3 Å². The zero-order valence-electron chi connectivity index (χ0n) is 4.66. The first-order chi connectivity index (χ1) is 1.73. The van der Waals surface area contributed by atoms with Gasteiger partial charge < -0.3 is 16.7 Å². The predicted molar refractivity (Wildman–Crippen MR) is 18.2 cm³/mol. The minimum Gasteiger partial charge on any atom is -1.00 e. The summed E-state index contributed by atoms with van der Waals surface area (Å²) in [5.41, 5.74) is 0. The Kier molecular flexibility index (Phi) is 51.3. The topological polar surface area (TPSA) is 89.0 Å². The third-order valence-electron chi connectivity index (χ3n) is 0. The monoisotopic (exact) mass is 196 g/mol. The Morgan fingerprint density at radius 1 is 1.43 bits per heavy atom. The van der Waals surface area contributed by atoms with Crippen LogP contribution in [0.3, 0.4) is 0 Å². The first-order valence-electron chi connectivity index (χ1n) is 0.651. The van der Waals surface area contributed by atoms with E-state index in [0.29, 0.717) is 0 Å². The van der Waals surface area contributed by atoms with Crippen LogP contribution in [0.4, 0.5) is 0 Å². The summed E-state index contributed by atoms with van der Waals surface area (Å²) in [4.78, 5) is 14.3. The van der Waals surface area contributed by atoms with Gasteiger partial charge in [0.25, 0.3) is 0 Å². The van der Waals surface area contributed by atoms with Gasteiger partial charge >= 0.3 is 59.6 Å². The molecule has 0 radical (unpaired) electrons. The van der Waals surface area contributed by atoms with Gasteiger partial charge in [0.05, 0.1) is 0 Å². The van der Waals surface area contributed by atoms with Crippen LogP contribution in [0.2, 0.25) is 0 Å². The van der Waals surface area contributed by atoms with Crippen LogP contribution in [-0.4, -0.2) is 15.3 Å².